The van der Waals surface area contributed by atoms with Crippen molar-refractivity contribution in [2.75, 3.05) is 30.4 Å². The van der Waals surface area contributed by atoms with Crippen LogP contribution in [0.25, 0.3) is 11.2 Å². The van der Waals surface area contributed by atoms with E-state index in [4.69, 9.17) is 4.98 Å². The Kier molecular flexibility index (Phi) is 3.00. The highest BCUT2D eigenvalue weighted by molar-refractivity contribution is 7.15. The Morgan fingerprint density at radius 3 is 2.91 bits per heavy atom. The molecular formula is C14H17N7S. The number of hydrogen-bond donors (Lipinski definition) is 0. The van der Waals surface area contributed by atoms with Crippen LogP contribution in [0.4, 0.5) is 10.9 Å². The van der Waals surface area contributed by atoms with Gasteiger partial charge < -0.3 is 14.4 Å². The molecule has 1 aliphatic heterocycles. The van der Waals surface area contributed by atoms with Crippen molar-refractivity contribution < 1.29 is 0 Å². The SMILES string of the molecule is CN(C)c1nc2c(s1)CN(c1ncnc3c1ncn3C)CC2. The van der Waals surface area contributed by atoms with Gasteiger partial charge in [-0.25, -0.2) is 19.9 Å². The fourth-order valence-corrected chi connectivity index (χ4v) is 3.76. The van der Waals surface area contributed by atoms with Crippen LogP contribution < -0.4 is 9.80 Å². The molecule has 4 heterocycles. The number of hydrogen-bond acceptors (Lipinski definition) is 7. The van der Waals surface area contributed by atoms with Crippen molar-refractivity contribution in [2.45, 2.75) is 13.0 Å². The third kappa shape index (κ3) is 2.02. The molecule has 0 spiro atoms. The van der Waals surface area contributed by atoms with Crippen molar-refractivity contribution >= 4 is 33.5 Å². The molecule has 0 aromatic carbocycles. The van der Waals surface area contributed by atoms with Crippen LogP contribution in [0.15, 0.2) is 12.7 Å². The molecule has 0 amide bonds. The van der Waals surface area contributed by atoms with Crippen LogP contribution >= 0.6 is 11.3 Å². The van der Waals surface area contributed by atoms with E-state index in [-0.39, 0.29) is 0 Å². The highest BCUT2D eigenvalue weighted by atomic mass is 32.1. The number of fused-ring (bicyclic) bond motifs is 2. The van der Waals surface area contributed by atoms with E-state index in [1.54, 1.807) is 24.0 Å². The normalized spacial score (nSPS) is 14.4. The summed E-state index contributed by atoms with van der Waals surface area (Å²) in [5.41, 5.74) is 2.95. The molecule has 4 rings (SSSR count). The van der Waals surface area contributed by atoms with Gasteiger partial charge in [0, 0.05) is 39.0 Å². The second kappa shape index (κ2) is 4.91. The third-order valence-electron chi connectivity index (χ3n) is 3.88. The molecular weight excluding hydrogens is 298 g/mol. The van der Waals surface area contributed by atoms with Gasteiger partial charge >= 0.3 is 0 Å². The lowest BCUT2D eigenvalue weighted by Crippen LogP contribution is -2.30. The van der Waals surface area contributed by atoms with Gasteiger partial charge in [-0.3, -0.25) is 0 Å². The Morgan fingerprint density at radius 1 is 1.23 bits per heavy atom. The van der Waals surface area contributed by atoms with Crippen molar-refractivity contribution in [3.63, 3.8) is 0 Å². The lowest BCUT2D eigenvalue weighted by molar-refractivity contribution is 0.719. The average molecular weight is 315 g/mol. The lowest BCUT2D eigenvalue weighted by Gasteiger charge is -2.26. The van der Waals surface area contributed by atoms with Gasteiger partial charge in [-0.15, -0.1) is 0 Å². The smallest absolute Gasteiger partial charge is 0.185 e. The Hall–Kier alpha value is -2.22. The van der Waals surface area contributed by atoms with Crippen LogP contribution in [0.1, 0.15) is 10.6 Å². The molecule has 1 aliphatic rings. The van der Waals surface area contributed by atoms with E-state index in [2.05, 4.69) is 24.8 Å². The fourth-order valence-electron chi connectivity index (χ4n) is 2.72. The number of rotatable bonds is 2. The highest BCUT2D eigenvalue weighted by Gasteiger charge is 2.24. The predicted molar refractivity (Wildman–Crippen MR) is 87.5 cm³/mol. The Balaban J connectivity index is 1.71. The molecule has 7 nitrogen and oxygen atoms in total. The summed E-state index contributed by atoms with van der Waals surface area (Å²) in [4.78, 5) is 23.6. The van der Waals surface area contributed by atoms with E-state index < -0.39 is 0 Å². The first-order valence-corrected chi connectivity index (χ1v) is 7.98. The Bertz CT molecular complexity index is 835. The molecule has 0 bridgehead atoms. The van der Waals surface area contributed by atoms with Crippen LogP contribution in [-0.2, 0) is 20.0 Å². The minimum atomic E-state index is 0.837. The van der Waals surface area contributed by atoms with E-state index >= 15 is 0 Å². The average Bonchev–Trinajstić information content (AvgIpc) is 3.10. The maximum atomic E-state index is 4.71. The zero-order valence-corrected chi connectivity index (χ0v) is 13.6. The van der Waals surface area contributed by atoms with Gasteiger partial charge in [0.05, 0.1) is 18.6 Å². The van der Waals surface area contributed by atoms with Crippen molar-refractivity contribution in [3.8, 4) is 0 Å². The van der Waals surface area contributed by atoms with Crippen molar-refractivity contribution in [3.05, 3.63) is 23.2 Å². The van der Waals surface area contributed by atoms with Gasteiger partial charge in [0.25, 0.3) is 0 Å². The van der Waals surface area contributed by atoms with Crippen LogP contribution in [0.2, 0.25) is 0 Å². The molecule has 22 heavy (non-hydrogen) atoms. The number of aryl methyl sites for hydroxylation is 1. The van der Waals surface area contributed by atoms with Crippen molar-refractivity contribution in [1.82, 2.24) is 24.5 Å². The Morgan fingerprint density at radius 2 is 2.09 bits per heavy atom. The molecule has 0 radical (unpaired) electrons. The summed E-state index contributed by atoms with van der Waals surface area (Å²) in [5.74, 6) is 0.913. The van der Waals surface area contributed by atoms with E-state index in [9.17, 15) is 0 Å². The van der Waals surface area contributed by atoms with Crippen LogP contribution in [0.3, 0.4) is 0 Å². The monoisotopic (exact) mass is 315 g/mol. The molecule has 0 unspecified atom stereocenters. The zero-order valence-electron chi connectivity index (χ0n) is 12.8. The fraction of sp³-hybridized carbons (Fsp3) is 0.429. The second-order valence-corrected chi connectivity index (χ2v) is 6.72. The van der Waals surface area contributed by atoms with Gasteiger partial charge in [-0.2, -0.15) is 0 Å². The van der Waals surface area contributed by atoms with E-state index in [1.807, 2.05) is 25.7 Å². The largest absolute Gasteiger partial charge is 0.354 e. The molecule has 0 N–H and O–H groups in total. The molecule has 0 fully saturated rings. The molecule has 0 aliphatic carbocycles. The number of anilines is 2. The minimum Gasteiger partial charge on any atom is -0.354 e. The maximum Gasteiger partial charge on any atom is 0.185 e. The topological polar surface area (TPSA) is 63.0 Å². The molecule has 3 aromatic heterocycles. The van der Waals surface area contributed by atoms with Crippen LogP contribution in [0.5, 0.6) is 0 Å². The summed E-state index contributed by atoms with van der Waals surface area (Å²) in [5, 5.41) is 1.07. The minimum absolute atomic E-state index is 0.837. The third-order valence-corrected chi connectivity index (χ3v) is 5.13. The summed E-state index contributed by atoms with van der Waals surface area (Å²) in [7, 11) is 6.01. The van der Waals surface area contributed by atoms with E-state index in [0.29, 0.717) is 0 Å². The lowest BCUT2D eigenvalue weighted by atomic mass is 10.2. The summed E-state index contributed by atoms with van der Waals surface area (Å²) < 4.78 is 1.92. The number of thiazole rings is 1. The first-order chi connectivity index (χ1) is 10.6. The number of imidazole rings is 1. The van der Waals surface area contributed by atoms with Gasteiger partial charge in [-0.1, -0.05) is 11.3 Å². The van der Waals surface area contributed by atoms with Gasteiger partial charge in [0.15, 0.2) is 22.1 Å². The van der Waals surface area contributed by atoms with Crippen LogP contribution in [-0.4, -0.2) is 45.1 Å². The number of aromatic nitrogens is 5. The number of nitrogens with zero attached hydrogens (tertiary/aromatic N) is 7. The maximum absolute atomic E-state index is 4.71. The van der Waals surface area contributed by atoms with Crippen molar-refractivity contribution in [1.29, 1.82) is 0 Å². The molecule has 0 atom stereocenters. The van der Waals surface area contributed by atoms with Gasteiger partial charge in [-0.05, 0) is 0 Å². The summed E-state index contributed by atoms with van der Waals surface area (Å²) in [6.45, 7) is 1.75. The molecule has 3 aromatic rings. The standard InChI is InChI=1S/C14H17N7S/c1-19(2)14-18-9-4-5-21(6-10(9)22-14)13-11-12(15-7-16-13)20(3)8-17-11/h7-8H,4-6H2,1-3H3. The summed E-state index contributed by atoms with van der Waals surface area (Å²) in [6, 6.07) is 0. The summed E-state index contributed by atoms with van der Waals surface area (Å²) >= 11 is 1.76. The predicted octanol–water partition coefficient (Wildman–Crippen LogP) is 1.45. The first kappa shape index (κ1) is 13.4. The molecule has 114 valence electrons. The van der Waals surface area contributed by atoms with Gasteiger partial charge in [0.1, 0.15) is 6.33 Å². The first-order valence-electron chi connectivity index (χ1n) is 7.16. The van der Waals surface area contributed by atoms with Crippen molar-refractivity contribution in [2.24, 2.45) is 7.05 Å². The van der Waals surface area contributed by atoms with E-state index in [1.165, 1.54) is 10.6 Å². The Labute approximate surface area is 132 Å². The van der Waals surface area contributed by atoms with Crippen LogP contribution in [0, 0.1) is 0 Å². The zero-order chi connectivity index (χ0) is 15.3. The molecule has 0 saturated carbocycles. The van der Waals surface area contributed by atoms with Gasteiger partial charge in [0.2, 0.25) is 0 Å². The molecule has 0 saturated heterocycles. The highest BCUT2D eigenvalue weighted by Crippen LogP contribution is 2.32. The summed E-state index contributed by atoms with van der Waals surface area (Å²) in [6.07, 6.45) is 4.35. The second-order valence-electron chi connectivity index (χ2n) is 5.66. The van der Waals surface area contributed by atoms with E-state index in [0.717, 1.165) is 41.6 Å². The quantitative estimate of drug-likeness (QED) is 0.713. The molecule has 8 heteroatoms.